The number of carbonyl (C=O) groups is 1. The van der Waals surface area contributed by atoms with Gasteiger partial charge in [0.15, 0.2) is 0 Å². The Morgan fingerprint density at radius 3 is 1.61 bits per heavy atom. The number of rotatable bonds is 2. The number of anilines is 2. The minimum atomic E-state index is -0.573. The molecule has 0 aliphatic rings. The molecule has 0 saturated heterocycles. The van der Waals surface area contributed by atoms with Crippen LogP contribution < -0.4 is 4.90 Å². The maximum atomic E-state index is 13.7. The van der Waals surface area contributed by atoms with Crippen molar-refractivity contribution in [2.75, 3.05) is 4.90 Å². The quantitative estimate of drug-likeness (QED) is 0.793. The van der Waals surface area contributed by atoms with Gasteiger partial charge in [-0.3, -0.25) is 9.69 Å². The van der Waals surface area contributed by atoms with Crippen molar-refractivity contribution < 1.29 is 13.6 Å². The third kappa shape index (κ3) is 2.22. The molecule has 0 N–H and O–H groups in total. The Morgan fingerprint density at radius 1 is 0.889 bits per heavy atom. The highest BCUT2D eigenvalue weighted by molar-refractivity contribution is 5.99. The number of amides is 1. The number of benzene rings is 2. The van der Waals surface area contributed by atoms with E-state index in [2.05, 4.69) is 0 Å². The molecule has 18 heavy (non-hydrogen) atoms. The largest absolute Gasteiger partial charge is 0.275 e. The van der Waals surface area contributed by atoms with Crippen molar-refractivity contribution in [1.82, 2.24) is 0 Å². The molecular weight excluding hydrogens is 236 g/mol. The van der Waals surface area contributed by atoms with Crippen LogP contribution in [0, 0.1) is 11.6 Å². The minimum absolute atomic E-state index is 0.0371. The highest BCUT2D eigenvalue weighted by atomic mass is 19.1. The molecule has 4 heteroatoms. The van der Waals surface area contributed by atoms with Crippen LogP contribution >= 0.6 is 0 Å². The lowest BCUT2D eigenvalue weighted by Gasteiger charge is -2.22. The zero-order chi connectivity index (χ0) is 13.1. The Morgan fingerprint density at radius 2 is 1.28 bits per heavy atom. The van der Waals surface area contributed by atoms with Crippen LogP contribution in [0.1, 0.15) is 6.92 Å². The first-order valence-electron chi connectivity index (χ1n) is 5.41. The topological polar surface area (TPSA) is 20.3 Å². The maximum absolute atomic E-state index is 13.7. The molecule has 0 aliphatic heterocycles. The fourth-order valence-corrected chi connectivity index (χ4v) is 1.74. The molecule has 2 aromatic carbocycles. The molecule has 0 radical (unpaired) electrons. The summed E-state index contributed by atoms with van der Waals surface area (Å²) >= 11 is 0. The Kier molecular flexibility index (Phi) is 3.37. The fraction of sp³-hybridized carbons (Fsp3) is 0.0714. The van der Waals surface area contributed by atoms with Gasteiger partial charge in [-0.25, -0.2) is 8.78 Å². The first kappa shape index (κ1) is 12.2. The molecular formula is C14H11F2NO. The standard InChI is InChI=1S/C14H11F2NO/c1-10(18)17(13-8-4-2-6-11(13)15)14-9-5-3-7-12(14)16/h2-9H,1H3. The van der Waals surface area contributed by atoms with Gasteiger partial charge in [0, 0.05) is 6.92 Å². The van der Waals surface area contributed by atoms with Gasteiger partial charge in [0.1, 0.15) is 11.6 Å². The van der Waals surface area contributed by atoms with E-state index in [0.29, 0.717) is 0 Å². The van der Waals surface area contributed by atoms with Crippen molar-refractivity contribution in [3.05, 3.63) is 60.2 Å². The lowest BCUT2D eigenvalue weighted by atomic mass is 10.2. The van der Waals surface area contributed by atoms with Gasteiger partial charge in [0.2, 0.25) is 5.91 Å². The zero-order valence-electron chi connectivity index (χ0n) is 9.73. The molecule has 92 valence electrons. The third-order valence-corrected chi connectivity index (χ3v) is 2.50. The van der Waals surface area contributed by atoms with Crippen molar-refractivity contribution >= 4 is 17.3 Å². The molecule has 0 aromatic heterocycles. The summed E-state index contributed by atoms with van der Waals surface area (Å²) in [6, 6.07) is 11.5. The molecule has 0 saturated carbocycles. The zero-order valence-corrected chi connectivity index (χ0v) is 9.73. The average Bonchev–Trinajstić information content (AvgIpc) is 2.34. The first-order chi connectivity index (χ1) is 8.61. The van der Waals surface area contributed by atoms with Crippen LogP contribution in [0.15, 0.2) is 48.5 Å². The fourth-order valence-electron chi connectivity index (χ4n) is 1.74. The normalized spacial score (nSPS) is 10.2. The summed E-state index contributed by atoms with van der Waals surface area (Å²) in [6.45, 7) is 1.26. The van der Waals surface area contributed by atoms with E-state index in [0.717, 1.165) is 4.90 Å². The van der Waals surface area contributed by atoms with Gasteiger partial charge >= 0.3 is 0 Å². The SMILES string of the molecule is CC(=O)N(c1ccccc1F)c1ccccc1F. The van der Waals surface area contributed by atoms with Crippen molar-refractivity contribution in [2.45, 2.75) is 6.92 Å². The third-order valence-electron chi connectivity index (χ3n) is 2.50. The van der Waals surface area contributed by atoms with Crippen LogP contribution in [0.5, 0.6) is 0 Å². The summed E-state index contributed by atoms with van der Waals surface area (Å²) < 4.78 is 27.4. The predicted octanol–water partition coefficient (Wildman–Crippen LogP) is 3.65. The van der Waals surface area contributed by atoms with Gasteiger partial charge in [0.05, 0.1) is 11.4 Å². The summed E-state index contributed by atoms with van der Waals surface area (Å²) in [5.41, 5.74) is 0.0743. The molecule has 1 amide bonds. The van der Waals surface area contributed by atoms with Crippen LogP contribution in [0.3, 0.4) is 0 Å². The summed E-state index contributed by atoms with van der Waals surface area (Å²) in [5, 5.41) is 0. The van der Waals surface area contributed by atoms with Crippen molar-refractivity contribution in [3.63, 3.8) is 0 Å². The summed E-state index contributed by atoms with van der Waals surface area (Å²) in [5.74, 6) is -1.60. The number of hydrogen-bond acceptors (Lipinski definition) is 1. The second kappa shape index (κ2) is 4.96. The molecule has 0 fully saturated rings. The maximum Gasteiger partial charge on any atom is 0.228 e. The van der Waals surface area contributed by atoms with E-state index in [9.17, 15) is 13.6 Å². The summed E-state index contributed by atoms with van der Waals surface area (Å²) in [4.78, 5) is 12.7. The van der Waals surface area contributed by atoms with Gasteiger partial charge < -0.3 is 0 Å². The number of nitrogens with zero attached hydrogens (tertiary/aromatic N) is 1. The first-order valence-corrected chi connectivity index (χ1v) is 5.41. The van der Waals surface area contributed by atoms with Gasteiger partial charge in [-0.15, -0.1) is 0 Å². The van der Waals surface area contributed by atoms with Gasteiger partial charge in [0.25, 0.3) is 0 Å². The molecule has 0 bridgehead atoms. The van der Waals surface area contributed by atoms with E-state index in [1.165, 1.54) is 43.3 Å². The van der Waals surface area contributed by atoms with Crippen LogP contribution in [0.4, 0.5) is 20.2 Å². The van der Waals surface area contributed by atoms with Crippen LogP contribution in [0.25, 0.3) is 0 Å². The molecule has 0 spiro atoms. The lowest BCUT2D eigenvalue weighted by Crippen LogP contribution is -2.24. The van der Waals surface area contributed by atoms with Crippen molar-refractivity contribution in [2.24, 2.45) is 0 Å². The van der Waals surface area contributed by atoms with Crippen LogP contribution in [-0.4, -0.2) is 5.91 Å². The summed E-state index contributed by atoms with van der Waals surface area (Å²) in [7, 11) is 0. The van der Waals surface area contributed by atoms with Gasteiger partial charge in [-0.1, -0.05) is 24.3 Å². The van der Waals surface area contributed by atoms with Crippen LogP contribution in [-0.2, 0) is 4.79 Å². The number of hydrogen-bond donors (Lipinski definition) is 0. The highest BCUT2D eigenvalue weighted by Crippen LogP contribution is 2.29. The van der Waals surface area contributed by atoms with Crippen molar-refractivity contribution in [1.29, 1.82) is 0 Å². The monoisotopic (exact) mass is 247 g/mol. The molecule has 0 unspecified atom stereocenters. The molecule has 0 atom stereocenters. The number of halogens is 2. The van der Waals surface area contributed by atoms with E-state index in [1.54, 1.807) is 12.1 Å². The molecule has 2 nitrogen and oxygen atoms in total. The smallest absolute Gasteiger partial charge is 0.228 e. The second-order valence-electron chi connectivity index (χ2n) is 3.76. The number of para-hydroxylation sites is 2. The van der Waals surface area contributed by atoms with Crippen molar-refractivity contribution in [3.8, 4) is 0 Å². The number of carbonyl (C=O) groups excluding carboxylic acids is 1. The minimum Gasteiger partial charge on any atom is -0.275 e. The Bertz CT molecular complexity index is 538. The van der Waals surface area contributed by atoms with Crippen LogP contribution in [0.2, 0.25) is 0 Å². The summed E-state index contributed by atoms with van der Waals surface area (Å²) in [6.07, 6.45) is 0. The van der Waals surface area contributed by atoms with E-state index in [4.69, 9.17) is 0 Å². The molecule has 0 aliphatic carbocycles. The second-order valence-corrected chi connectivity index (χ2v) is 3.76. The Labute approximate surface area is 103 Å². The lowest BCUT2D eigenvalue weighted by molar-refractivity contribution is -0.115. The predicted molar refractivity (Wildman–Crippen MR) is 65.6 cm³/mol. The Hall–Kier alpha value is -2.23. The van der Waals surface area contributed by atoms with Gasteiger partial charge in [-0.05, 0) is 24.3 Å². The van der Waals surface area contributed by atoms with Gasteiger partial charge in [-0.2, -0.15) is 0 Å². The molecule has 0 heterocycles. The van der Waals surface area contributed by atoms with E-state index >= 15 is 0 Å². The average molecular weight is 247 g/mol. The van der Waals surface area contributed by atoms with E-state index in [-0.39, 0.29) is 11.4 Å². The molecule has 2 aromatic rings. The van der Waals surface area contributed by atoms with E-state index < -0.39 is 17.5 Å². The highest BCUT2D eigenvalue weighted by Gasteiger charge is 2.20. The molecule has 2 rings (SSSR count). The van der Waals surface area contributed by atoms with E-state index in [1.807, 2.05) is 0 Å². The Balaban J connectivity index is 2.58.